The molecule has 0 spiro atoms. The van der Waals surface area contributed by atoms with Crippen LogP contribution in [0.25, 0.3) is 0 Å². The number of nitrogens with one attached hydrogen (secondary N) is 1. The molecule has 0 saturated heterocycles. The molecule has 7 nitrogen and oxygen atoms in total. The molecule has 0 heterocycles. The van der Waals surface area contributed by atoms with E-state index in [1.807, 2.05) is 58.0 Å². The number of halogens is 2. The smallest absolute Gasteiger partial charge is 0.264 e. The van der Waals surface area contributed by atoms with Crippen molar-refractivity contribution in [3.05, 3.63) is 130 Å². The van der Waals surface area contributed by atoms with Crippen molar-refractivity contribution in [2.24, 2.45) is 0 Å². The van der Waals surface area contributed by atoms with Crippen molar-refractivity contribution in [3.8, 4) is 0 Å². The van der Waals surface area contributed by atoms with Gasteiger partial charge in [-0.3, -0.25) is 13.9 Å². The summed E-state index contributed by atoms with van der Waals surface area (Å²) in [5, 5.41) is 2.96. The largest absolute Gasteiger partial charge is 0.350 e. The van der Waals surface area contributed by atoms with Gasteiger partial charge >= 0.3 is 0 Å². The van der Waals surface area contributed by atoms with Gasteiger partial charge in [-0.25, -0.2) is 12.8 Å². The van der Waals surface area contributed by atoms with Crippen molar-refractivity contribution in [2.45, 2.75) is 57.1 Å². The van der Waals surface area contributed by atoms with Crippen molar-refractivity contribution in [2.75, 3.05) is 10.8 Å². The fraction of sp³-hybridized carbons (Fsp3) is 0.257. The molecule has 0 radical (unpaired) electrons. The van der Waals surface area contributed by atoms with Gasteiger partial charge in [0, 0.05) is 28.5 Å². The molecule has 4 rings (SSSR count). The van der Waals surface area contributed by atoms with Crippen LogP contribution < -0.4 is 9.62 Å². The number of sulfonamides is 1. The molecule has 1 unspecified atom stereocenters. The van der Waals surface area contributed by atoms with E-state index in [0.717, 1.165) is 19.9 Å². The number of hydrogen-bond donors (Lipinski definition) is 1. The molecule has 0 aliphatic heterocycles. The summed E-state index contributed by atoms with van der Waals surface area (Å²) in [6, 6.07) is 27.1. The van der Waals surface area contributed by atoms with Crippen molar-refractivity contribution >= 4 is 43.5 Å². The number of amides is 2. The first-order valence-corrected chi connectivity index (χ1v) is 16.7. The molecular weight excluding hydrogens is 657 g/mol. The first kappa shape index (κ1) is 33.9. The van der Waals surface area contributed by atoms with Crippen molar-refractivity contribution in [3.63, 3.8) is 0 Å². The van der Waals surface area contributed by atoms with Crippen LogP contribution in [0, 0.1) is 12.7 Å². The maximum Gasteiger partial charge on any atom is 0.264 e. The molecule has 0 saturated carbocycles. The third kappa shape index (κ3) is 9.02. The Bertz CT molecular complexity index is 1730. The van der Waals surface area contributed by atoms with Crippen LogP contribution in [0.3, 0.4) is 0 Å². The van der Waals surface area contributed by atoms with E-state index in [0.29, 0.717) is 0 Å². The lowest BCUT2D eigenvalue weighted by atomic mass is 10.0. The summed E-state index contributed by atoms with van der Waals surface area (Å²) < 4.78 is 45.0. The number of carbonyl (C=O) groups is 2. The zero-order valence-electron chi connectivity index (χ0n) is 25.7. The lowest BCUT2D eigenvalue weighted by Gasteiger charge is -2.35. The van der Waals surface area contributed by atoms with Crippen molar-refractivity contribution < 1.29 is 22.4 Å². The first-order chi connectivity index (χ1) is 21.2. The molecule has 4 aromatic rings. The zero-order chi connectivity index (χ0) is 32.8. The van der Waals surface area contributed by atoms with Gasteiger partial charge in [0.2, 0.25) is 11.8 Å². The topological polar surface area (TPSA) is 86.8 Å². The summed E-state index contributed by atoms with van der Waals surface area (Å²) in [6.07, 6.45) is 0.131. The molecule has 2 amide bonds. The summed E-state index contributed by atoms with van der Waals surface area (Å²) >= 11 is 3.38. The first-order valence-electron chi connectivity index (χ1n) is 14.5. The normalized spacial score (nSPS) is 12.3. The predicted octanol–water partition coefficient (Wildman–Crippen LogP) is 6.65. The molecule has 0 aromatic heterocycles. The monoisotopic (exact) mass is 693 g/mol. The second-order valence-electron chi connectivity index (χ2n) is 11.9. The zero-order valence-corrected chi connectivity index (χ0v) is 28.1. The van der Waals surface area contributed by atoms with Crippen molar-refractivity contribution in [1.82, 2.24) is 10.2 Å². The van der Waals surface area contributed by atoms with Crippen LogP contribution in [0.4, 0.5) is 10.1 Å². The highest BCUT2D eigenvalue weighted by Gasteiger charge is 2.36. The van der Waals surface area contributed by atoms with Crippen LogP contribution in [0.2, 0.25) is 0 Å². The van der Waals surface area contributed by atoms with Gasteiger partial charge in [0.15, 0.2) is 0 Å². The van der Waals surface area contributed by atoms with E-state index < -0.39 is 45.8 Å². The maximum absolute atomic E-state index is 15.0. The van der Waals surface area contributed by atoms with Crippen LogP contribution in [0.15, 0.2) is 112 Å². The highest BCUT2D eigenvalue weighted by atomic mass is 79.9. The van der Waals surface area contributed by atoms with Gasteiger partial charge in [0.25, 0.3) is 10.0 Å². The summed E-state index contributed by atoms with van der Waals surface area (Å²) in [4.78, 5) is 29.6. The van der Waals surface area contributed by atoms with E-state index in [1.165, 1.54) is 23.1 Å². The third-order valence-electron chi connectivity index (χ3n) is 7.07. The van der Waals surface area contributed by atoms with E-state index in [1.54, 1.807) is 54.6 Å². The molecule has 1 atom stereocenters. The molecule has 236 valence electrons. The lowest BCUT2D eigenvalue weighted by Crippen LogP contribution is -2.56. The minimum absolute atomic E-state index is 0.00998. The fourth-order valence-electron chi connectivity index (χ4n) is 4.79. The summed E-state index contributed by atoms with van der Waals surface area (Å²) in [6.45, 7) is 6.47. The van der Waals surface area contributed by atoms with E-state index >= 15 is 4.39 Å². The average molecular weight is 695 g/mol. The minimum Gasteiger partial charge on any atom is -0.350 e. The minimum atomic E-state index is -4.23. The van der Waals surface area contributed by atoms with Gasteiger partial charge in [-0.15, -0.1) is 0 Å². The molecule has 0 fully saturated rings. The Labute approximate surface area is 273 Å². The Hall–Kier alpha value is -4.02. The van der Waals surface area contributed by atoms with E-state index in [9.17, 15) is 18.0 Å². The third-order valence-corrected chi connectivity index (χ3v) is 9.39. The predicted molar refractivity (Wildman–Crippen MR) is 179 cm³/mol. The van der Waals surface area contributed by atoms with E-state index in [4.69, 9.17) is 0 Å². The molecule has 0 bridgehead atoms. The Balaban J connectivity index is 1.82. The van der Waals surface area contributed by atoms with Crippen LogP contribution in [-0.2, 0) is 32.6 Å². The number of benzene rings is 4. The van der Waals surface area contributed by atoms with Gasteiger partial charge in [0.1, 0.15) is 18.4 Å². The van der Waals surface area contributed by atoms with Gasteiger partial charge in [-0.05, 0) is 75.7 Å². The second-order valence-corrected chi connectivity index (χ2v) is 14.6. The van der Waals surface area contributed by atoms with Gasteiger partial charge in [-0.1, -0.05) is 82.2 Å². The van der Waals surface area contributed by atoms with Crippen LogP contribution in [0.1, 0.15) is 37.5 Å². The Morgan fingerprint density at radius 3 is 2.07 bits per heavy atom. The summed E-state index contributed by atoms with van der Waals surface area (Å²) in [5.41, 5.74) is 1.50. The number of rotatable bonds is 11. The number of anilines is 1. The molecule has 45 heavy (non-hydrogen) atoms. The quantitative estimate of drug-likeness (QED) is 0.191. The SMILES string of the molecule is Cc1ccc(S(=O)(=O)N(CC(=O)N(Cc2ccccc2F)C(Cc2ccccc2)C(=O)NC(C)(C)C)c2ccc(Br)cc2)cc1. The number of hydrogen-bond acceptors (Lipinski definition) is 4. The van der Waals surface area contributed by atoms with E-state index in [-0.39, 0.29) is 29.1 Å². The highest BCUT2D eigenvalue weighted by molar-refractivity contribution is 9.10. The fourth-order valence-corrected chi connectivity index (χ4v) is 6.47. The van der Waals surface area contributed by atoms with Crippen LogP contribution in [0.5, 0.6) is 0 Å². The standard InChI is InChI=1S/C35H37BrFN3O4S/c1-25-14-20-30(21-15-25)45(43,44)40(29-18-16-28(36)17-19-29)24-33(41)39(23-27-12-8-9-13-31(27)37)32(34(42)38-35(2,3)4)22-26-10-6-5-7-11-26/h5-21,32H,22-24H2,1-4H3,(H,38,42). The Morgan fingerprint density at radius 2 is 1.47 bits per heavy atom. The molecular formula is C35H37BrFN3O4S. The number of nitrogens with zero attached hydrogens (tertiary/aromatic N) is 2. The molecule has 0 aliphatic rings. The highest BCUT2D eigenvalue weighted by Crippen LogP contribution is 2.27. The Morgan fingerprint density at radius 1 is 0.867 bits per heavy atom. The van der Waals surface area contributed by atoms with Crippen molar-refractivity contribution in [1.29, 1.82) is 0 Å². The lowest BCUT2D eigenvalue weighted by molar-refractivity contribution is -0.140. The maximum atomic E-state index is 15.0. The number of carbonyl (C=O) groups excluding carboxylic acids is 2. The number of aryl methyl sites for hydroxylation is 1. The second kappa shape index (κ2) is 14.4. The van der Waals surface area contributed by atoms with E-state index in [2.05, 4.69) is 21.2 Å². The molecule has 10 heteroatoms. The van der Waals surface area contributed by atoms with Gasteiger partial charge in [0.05, 0.1) is 10.6 Å². The van der Waals surface area contributed by atoms with Gasteiger partial charge < -0.3 is 10.2 Å². The summed E-state index contributed by atoms with van der Waals surface area (Å²) in [7, 11) is -4.23. The average Bonchev–Trinajstić information content (AvgIpc) is 2.99. The summed E-state index contributed by atoms with van der Waals surface area (Å²) in [5.74, 6) is -1.64. The van der Waals surface area contributed by atoms with Crippen LogP contribution >= 0.6 is 15.9 Å². The molecule has 4 aromatic carbocycles. The van der Waals surface area contributed by atoms with Gasteiger partial charge in [-0.2, -0.15) is 0 Å². The molecule has 1 N–H and O–H groups in total. The Kier molecular flexibility index (Phi) is 10.8. The van der Waals surface area contributed by atoms with Crippen LogP contribution in [-0.4, -0.2) is 43.3 Å². The molecule has 0 aliphatic carbocycles.